The molecule has 1 unspecified atom stereocenters. The van der Waals surface area contributed by atoms with Gasteiger partial charge < -0.3 is 9.73 Å². The second kappa shape index (κ2) is 6.83. The van der Waals surface area contributed by atoms with Crippen LogP contribution in [0.2, 0.25) is 10.0 Å². The molecule has 0 aliphatic heterocycles. The van der Waals surface area contributed by atoms with Crippen LogP contribution in [0.15, 0.2) is 52.1 Å². The fourth-order valence-corrected chi connectivity index (χ4v) is 3.26. The molecule has 0 saturated heterocycles. The largest absolute Gasteiger partial charge is 0.431 e. The first kappa shape index (κ1) is 16.2. The molecule has 1 heterocycles. The van der Waals surface area contributed by atoms with Gasteiger partial charge in [-0.25, -0.2) is 4.98 Å². The molecule has 1 N–H and O–H groups in total. The zero-order valence-electron chi connectivity index (χ0n) is 12.0. The van der Waals surface area contributed by atoms with E-state index in [1.54, 1.807) is 25.1 Å². The molecule has 2 aromatic carbocycles. The van der Waals surface area contributed by atoms with Gasteiger partial charge in [-0.3, -0.25) is 4.79 Å². The van der Waals surface area contributed by atoms with Crippen LogP contribution in [-0.2, 0) is 4.79 Å². The molecule has 0 bridgehead atoms. The molecule has 0 aliphatic rings. The summed E-state index contributed by atoms with van der Waals surface area (Å²) >= 11 is 13.1. The first-order chi connectivity index (χ1) is 11.0. The Morgan fingerprint density at radius 2 is 1.91 bits per heavy atom. The van der Waals surface area contributed by atoms with Crippen LogP contribution in [0.5, 0.6) is 0 Å². The van der Waals surface area contributed by atoms with Crippen LogP contribution < -0.4 is 5.32 Å². The number of benzene rings is 2. The highest BCUT2D eigenvalue weighted by Crippen LogP contribution is 2.28. The number of hydrogen-bond donors (Lipinski definition) is 1. The summed E-state index contributed by atoms with van der Waals surface area (Å²) in [7, 11) is 0. The third kappa shape index (κ3) is 3.99. The number of nitrogens with one attached hydrogen (secondary N) is 1. The number of nitrogens with zero attached hydrogens (tertiary/aromatic N) is 1. The van der Waals surface area contributed by atoms with E-state index in [0.717, 1.165) is 5.52 Å². The molecule has 1 aromatic heterocycles. The van der Waals surface area contributed by atoms with Crippen molar-refractivity contribution in [1.29, 1.82) is 0 Å². The molecule has 4 nitrogen and oxygen atoms in total. The van der Waals surface area contributed by atoms with Gasteiger partial charge in [-0.15, -0.1) is 0 Å². The number of thioether (sulfide) groups is 1. The van der Waals surface area contributed by atoms with Crippen LogP contribution in [0.25, 0.3) is 11.1 Å². The number of oxazole rings is 1. The molecule has 1 amide bonds. The number of halogens is 2. The Bertz CT molecular complexity index is 813. The second-order valence-electron chi connectivity index (χ2n) is 4.85. The van der Waals surface area contributed by atoms with Crippen LogP contribution in [-0.4, -0.2) is 16.1 Å². The van der Waals surface area contributed by atoms with Gasteiger partial charge in [0.05, 0.1) is 5.25 Å². The van der Waals surface area contributed by atoms with Gasteiger partial charge in [-0.2, -0.15) is 0 Å². The summed E-state index contributed by atoms with van der Waals surface area (Å²) in [6.07, 6.45) is 0. The summed E-state index contributed by atoms with van der Waals surface area (Å²) in [4.78, 5) is 16.6. The maximum Gasteiger partial charge on any atom is 0.257 e. The Labute approximate surface area is 147 Å². The van der Waals surface area contributed by atoms with Crippen molar-refractivity contribution >= 4 is 57.7 Å². The van der Waals surface area contributed by atoms with E-state index in [2.05, 4.69) is 10.3 Å². The smallest absolute Gasteiger partial charge is 0.257 e. The van der Waals surface area contributed by atoms with Gasteiger partial charge >= 0.3 is 0 Å². The SMILES string of the molecule is CC(Sc1nc2ccccc2o1)C(=O)Nc1cc(Cl)cc(Cl)c1. The molecule has 3 rings (SSSR count). The number of amides is 1. The number of hydrogen-bond acceptors (Lipinski definition) is 4. The quantitative estimate of drug-likeness (QED) is 0.640. The van der Waals surface area contributed by atoms with E-state index in [1.807, 2.05) is 24.3 Å². The molecule has 118 valence electrons. The number of aromatic nitrogens is 1. The molecule has 3 aromatic rings. The summed E-state index contributed by atoms with van der Waals surface area (Å²) in [5.41, 5.74) is 2.02. The van der Waals surface area contributed by atoms with Crippen molar-refractivity contribution in [2.24, 2.45) is 0 Å². The normalized spacial score (nSPS) is 12.3. The van der Waals surface area contributed by atoms with Crippen molar-refractivity contribution in [2.45, 2.75) is 17.4 Å². The number of carbonyl (C=O) groups excluding carboxylic acids is 1. The second-order valence-corrected chi connectivity index (χ2v) is 7.02. The van der Waals surface area contributed by atoms with E-state index in [9.17, 15) is 4.79 Å². The number of carbonyl (C=O) groups is 1. The molecule has 0 spiro atoms. The van der Waals surface area contributed by atoms with Gasteiger partial charge in [0.15, 0.2) is 5.58 Å². The number of fused-ring (bicyclic) bond motifs is 1. The Hall–Kier alpha value is -1.69. The summed E-state index contributed by atoms with van der Waals surface area (Å²) in [5, 5.41) is 3.78. The predicted molar refractivity (Wildman–Crippen MR) is 94.4 cm³/mol. The fourth-order valence-electron chi connectivity index (χ4n) is 1.98. The highest BCUT2D eigenvalue weighted by atomic mass is 35.5. The van der Waals surface area contributed by atoms with E-state index in [1.165, 1.54) is 11.8 Å². The van der Waals surface area contributed by atoms with Crippen molar-refractivity contribution in [3.8, 4) is 0 Å². The molecular weight excluding hydrogens is 355 g/mol. The minimum absolute atomic E-state index is 0.185. The molecule has 0 aliphatic carbocycles. The lowest BCUT2D eigenvalue weighted by atomic mass is 10.3. The van der Waals surface area contributed by atoms with Gasteiger partial charge in [0.25, 0.3) is 5.22 Å². The Kier molecular flexibility index (Phi) is 4.80. The minimum atomic E-state index is -0.388. The van der Waals surface area contributed by atoms with Crippen LogP contribution in [0, 0.1) is 0 Å². The molecule has 1 atom stereocenters. The number of para-hydroxylation sites is 2. The third-order valence-electron chi connectivity index (χ3n) is 3.05. The monoisotopic (exact) mass is 366 g/mol. The minimum Gasteiger partial charge on any atom is -0.431 e. The Balaban J connectivity index is 1.69. The van der Waals surface area contributed by atoms with Gasteiger partial charge in [0.1, 0.15) is 5.52 Å². The van der Waals surface area contributed by atoms with Crippen LogP contribution >= 0.6 is 35.0 Å². The lowest BCUT2D eigenvalue weighted by Crippen LogP contribution is -2.22. The fraction of sp³-hybridized carbons (Fsp3) is 0.125. The van der Waals surface area contributed by atoms with Gasteiger partial charge in [-0.1, -0.05) is 47.1 Å². The highest BCUT2D eigenvalue weighted by molar-refractivity contribution is 8.00. The molecule has 7 heteroatoms. The van der Waals surface area contributed by atoms with Crippen molar-refractivity contribution in [3.63, 3.8) is 0 Å². The van der Waals surface area contributed by atoms with E-state index in [4.69, 9.17) is 27.6 Å². The lowest BCUT2D eigenvalue weighted by molar-refractivity contribution is -0.115. The Morgan fingerprint density at radius 1 is 1.22 bits per heavy atom. The van der Waals surface area contributed by atoms with E-state index in [0.29, 0.717) is 26.5 Å². The van der Waals surface area contributed by atoms with E-state index < -0.39 is 0 Å². The van der Waals surface area contributed by atoms with Crippen molar-refractivity contribution < 1.29 is 9.21 Å². The molecule has 0 radical (unpaired) electrons. The van der Waals surface area contributed by atoms with Crippen molar-refractivity contribution in [2.75, 3.05) is 5.32 Å². The number of anilines is 1. The standard InChI is InChI=1S/C16H12Cl2N2O2S/c1-9(15(21)19-12-7-10(17)6-11(18)8-12)23-16-20-13-4-2-3-5-14(13)22-16/h2-9H,1H3,(H,19,21). The first-order valence-corrected chi connectivity index (χ1v) is 8.44. The zero-order valence-corrected chi connectivity index (χ0v) is 14.4. The van der Waals surface area contributed by atoms with Crippen molar-refractivity contribution in [3.05, 3.63) is 52.5 Å². The van der Waals surface area contributed by atoms with Gasteiger partial charge in [0.2, 0.25) is 5.91 Å². The predicted octanol–water partition coefficient (Wildman–Crippen LogP) is 5.25. The molecule has 0 fully saturated rings. The summed E-state index contributed by atoms with van der Waals surface area (Å²) in [6, 6.07) is 12.4. The van der Waals surface area contributed by atoms with Crippen LogP contribution in [0.1, 0.15) is 6.92 Å². The average molecular weight is 367 g/mol. The molecular formula is C16H12Cl2N2O2S. The average Bonchev–Trinajstić information content (AvgIpc) is 2.88. The molecule has 23 heavy (non-hydrogen) atoms. The maximum atomic E-state index is 12.3. The molecule has 0 saturated carbocycles. The lowest BCUT2D eigenvalue weighted by Gasteiger charge is -2.10. The van der Waals surface area contributed by atoms with Crippen molar-refractivity contribution in [1.82, 2.24) is 4.98 Å². The van der Waals surface area contributed by atoms with E-state index >= 15 is 0 Å². The summed E-state index contributed by atoms with van der Waals surface area (Å²) in [6.45, 7) is 1.78. The van der Waals surface area contributed by atoms with Gasteiger partial charge in [0, 0.05) is 15.7 Å². The van der Waals surface area contributed by atoms with E-state index in [-0.39, 0.29) is 11.2 Å². The van der Waals surface area contributed by atoms with Crippen LogP contribution in [0.3, 0.4) is 0 Å². The maximum absolute atomic E-state index is 12.3. The number of rotatable bonds is 4. The third-order valence-corrected chi connectivity index (χ3v) is 4.43. The summed E-state index contributed by atoms with van der Waals surface area (Å²) in [5.74, 6) is -0.185. The topological polar surface area (TPSA) is 55.1 Å². The highest BCUT2D eigenvalue weighted by Gasteiger charge is 2.18. The Morgan fingerprint density at radius 3 is 2.61 bits per heavy atom. The van der Waals surface area contributed by atoms with Gasteiger partial charge in [-0.05, 0) is 37.3 Å². The van der Waals surface area contributed by atoms with Crippen LogP contribution in [0.4, 0.5) is 5.69 Å². The zero-order chi connectivity index (χ0) is 16.4. The first-order valence-electron chi connectivity index (χ1n) is 6.80. The summed E-state index contributed by atoms with van der Waals surface area (Å²) < 4.78 is 5.61.